The van der Waals surface area contributed by atoms with E-state index in [1.807, 2.05) is 6.92 Å². The van der Waals surface area contributed by atoms with Gasteiger partial charge in [0.1, 0.15) is 17.3 Å². The maximum atomic E-state index is 10.3. The summed E-state index contributed by atoms with van der Waals surface area (Å²) in [4.78, 5) is 9.78. The van der Waals surface area contributed by atoms with E-state index in [0.717, 1.165) is 13.1 Å². The smallest absolute Gasteiger partial charge is 0.403 e. The Kier molecular flexibility index (Phi) is 2.45. The van der Waals surface area contributed by atoms with Crippen LogP contribution in [0.25, 0.3) is 0 Å². The highest BCUT2D eigenvalue weighted by Gasteiger charge is 2.32. The van der Waals surface area contributed by atoms with Crippen LogP contribution >= 0.6 is 0 Å². The highest BCUT2D eigenvalue weighted by molar-refractivity contribution is 5.17. The van der Waals surface area contributed by atoms with E-state index in [1.54, 1.807) is 6.07 Å². The highest BCUT2D eigenvalue weighted by Crippen LogP contribution is 2.21. The third-order valence-corrected chi connectivity index (χ3v) is 2.39. The molecule has 0 unspecified atom stereocenters. The minimum absolute atomic E-state index is 0.165. The lowest BCUT2D eigenvalue weighted by atomic mass is 10.0. The van der Waals surface area contributed by atoms with Crippen molar-refractivity contribution >= 4 is 5.88 Å². The molecule has 82 valence electrons. The van der Waals surface area contributed by atoms with Crippen molar-refractivity contribution in [1.82, 2.24) is 5.32 Å². The summed E-state index contributed by atoms with van der Waals surface area (Å²) in [6.07, 6.45) is 0. The van der Waals surface area contributed by atoms with Gasteiger partial charge in [-0.25, -0.2) is 0 Å². The molecule has 2 heterocycles. The highest BCUT2D eigenvalue weighted by atomic mass is 16.6. The second-order valence-electron chi connectivity index (χ2n) is 3.84. The van der Waals surface area contributed by atoms with Crippen molar-refractivity contribution in [3.63, 3.8) is 0 Å². The molecule has 1 fully saturated rings. The molecule has 15 heavy (non-hydrogen) atoms. The molecule has 6 heteroatoms. The van der Waals surface area contributed by atoms with Gasteiger partial charge in [-0.1, -0.05) is 0 Å². The molecule has 0 bridgehead atoms. The zero-order valence-corrected chi connectivity index (χ0v) is 8.36. The lowest BCUT2D eigenvalue weighted by molar-refractivity contribution is -0.402. The molecular weight excluding hydrogens is 200 g/mol. The molecule has 0 saturated carbocycles. The summed E-state index contributed by atoms with van der Waals surface area (Å²) in [5.74, 6) is 0.236. The molecule has 1 aromatic heterocycles. The van der Waals surface area contributed by atoms with Crippen LogP contribution in [-0.4, -0.2) is 23.6 Å². The molecule has 0 atom stereocenters. The minimum Gasteiger partial charge on any atom is -0.403 e. The summed E-state index contributed by atoms with van der Waals surface area (Å²) in [7, 11) is 0. The van der Waals surface area contributed by atoms with E-state index in [1.165, 1.54) is 6.07 Å². The molecule has 0 aromatic carbocycles. The first-order valence-electron chi connectivity index (χ1n) is 4.67. The van der Waals surface area contributed by atoms with E-state index in [-0.39, 0.29) is 18.1 Å². The quantitative estimate of drug-likeness (QED) is 0.596. The Bertz CT molecular complexity index is 370. The lowest BCUT2D eigenvalue weighted by Crippen LogP contribution is -2.58. The fourth-order valence-electron chi connectivity index (χ4n) is 1.37. The Morgan fingerprint density at radius 3 is 2.87 bits per heavy atom. The average Bonchev–Trinajstić information content (AvgIpc) is 2.60. The summed E-state index contributed by atoms with van der Waals surface area (Å²) in [5, 5.41) is 13.4. The number of nitro groups is 1. The zero-order valence-electron chi connectivity index (χ0n) is 8.36. The Balaban J connectivity index is 1.90. The van der Waals surface area contributed by atoms with Gasteiger partial charge in [-0.2, -0.15) is 0 Å². The van der Waals surface area contributed by atoms with Crippen LogP contribution in [-0.2, 0) is 11.3 Å². The van der Waals surface area contributed by atoms with Gasteiger partial charge >= 0.3 is 5.88 Å². The maximum Gasteiger partial charge on any atom is 0.433 e. The molecule has 2 rings (SSSR count). The fraction of sp³-hybridized carbons (Fsp3) is 0.556. The maximum absolute atomic E-state index is 10.3. The van der Waals surface area contributed by atoms with Crippen LogP contribution in [0.15, 0.2) is 16.5 Å². The largest absolute Gasteiger partial charge is 0.433 e. The van der Waals surface area contributed by atoms with Crippen LogP contribution in [0, 0.1) is 10.1 Å². The van der Waals surface area contributed by atoms with Gasteiger partial charge in [0.05, 0.1) is 11.7 Å². The van der Waals surface area contributed by atoms with Gasteiger partial charge in [0.25, 0.3) is 0 Å². The van der Waals surface area contributed by atoms with Gasteiger partial charge in [0, 0.05) is 13.1 Å². The van der Waals surface area contributed by atoms with Crippen molar-refractivity contribution in [2.45, 2.75) is 19.1 Å². The van der Waals surface area contributed by atoms with E-state index < -0.39 is 4.92 Å². The number of furan rings is 1. The monoisotopic (exact) mass is 212 g/mol. The van der Waals surface area contributed by atoms with Crippen molar-refractivity contribution in [1.29, 1.82) is 0 Å². The van der Waals surface area contributed by atoms with E-state index >= 15 is 0 Å². The topological polar surface area (TPSA) is 77.5 Å². The lowest BCUT2D eigenvalue weighted by Gasteiger charge is -2.38. The molecule has 1 aromatic rings. The molecule has 1 aliphatic rings. The van der Waals surface area contributed by atoms with Crippen LogP contribution in [0.3, 0.4) is 0 Å². The molecular formula is C9H12N2O4. The molecule has 0 amide bonds. The third-order valence-electron chi connectivity index (χ3n) is 2.39. The second kappa shape index (κ2) is 3.63. The van der Waals surface area contributed by atoms with Gasteiger partial charge < -0.3 is 14.5 Å². The van der Waals surface area contributed by atoms with Crippen LogP contribution in [0.2, 0.25) is 0 Å². The molecule has 0 aliphatic carbocycles. The van der Waals surface area contributed by atoms with Crippen molar-refractivity contribution in [2.24, 2.45) is 0 Å². The Morgan fingerprint density at radius 1 is 1.67 bits per heavy atom. The molecule has 1 saturated heterocycles. The number of hydrogen-bond acceptors (Lipinski definition) is 5. The summed E-state index contributed by atoms with van der Waals surface area (Å²) in [6.45, 7) is 3.86. The number of rotatable bonds is 4. The first-order valence-corrected chi connectivity index (χ1v) is 4.67. The number of nitrogens with one attached hydrogen (secondary N) is 1. The third kappa shape index (κ3) is 2.16. The molecule has 6 nitrogen and oxygen atoms in total. The van der Waals surface area contributed by atoms with Crippen LogP contribution < -0.4 is 5.32 Å². The second-order valence-corrected chi connectivity index (χ2v) is 3.84. The summed E-state index contributed by atoms with van der Waals surface area (Å²) in [6, 6.07) is 2.90. The Hall–Kier alpha value is -1.40. The van der Waals surface area contributed by atoms with Gasteiger partial charge in [0.15, 0.2) is 0 Å². The van der Waals surface area contributed by atoms with Crippen molar-refractivity contribution in [3.8, 4) is 0 Å². The van der Waals surface area contributed by atoms with E-state index in [4.69, 9.17) is 9.15 Å². The van der Waals surface area contributed by atoms with Crippen molar-refractivity contribution in [2.75, 3.05) is 13.1 Å². The van der Waals surface area contributed by atoms with E-state index in [9.17, 15) is 10.1 Å². The Morgan fingerprint density at radius 2 is 2.40 bits per heavy atom. The molecule has 0 radical (unpaired) electrons. The van der Waals surface area contributed by atoms with E-state index in [2.05, 4.69) is 5.32 Å². The first kappa shape index (κ1) is 10.1. The number of hydrogen-bond donors (Lipinski definition) is 1. The summed E-state index contributed by atoms with van der Waals surface area (Å²) >= 11 is 0. The normalized spacial score (nSPS) is 18.5. The minimum atomic E-state index is -0.559. The SMILES string of the molecule is CC1(OCc2ccc([N+](=O)[O-])o2)CNC1. The van der Waals surface area contributed by atoms with Crippen molar-refractivity contribution < 1.29 is 14.1 Å². The van der Waals surface area contributed by atoms with Gasteiger partial charge in [-0.15, -0.1) is 0 Å². The first-order chi connectivity index (χ1) is 7.09. The van der Waals surface area contributed by atoms with Gasteiger partial charge in [0.2, 0.25) is 0 Å². The van der Waals surface area contributed by atoms with Gasteiger partial charge in [-0.05, 0) is 13.0 Å². The van der Waals surface area contributed by atoms with Crippen LogP contribution in [0.5, 0.6) is 0 Å². The number of ether oxygens (including phenoxy) is 1. The fourth-order valence-corrected chi connectivity index (χ4v) is 1.37. The van der Waals surface area contributed by atoms with Crippen molar-refractivity contribution in [3.05, 3.63) is 28.0 Å². The standard InChI is InChI=1S/C9H12N2O4/c1-9(5-10-6-9)14-4-7-2-3-8(15-7)11(12)13/h2-3,10H,4-6H2,1H3. The predicted molar refractivity (Wildman–Crippen MR) is 51.4 cm³/mol. The molecule has 0 spiro atoms. The predicted octanol–water partition coefficient (Wildman–Crippen LogP) is 1.07. The summed E-state index contributed by atoms with van der Waals surface area (Å²) in [5.41, 5.74) is -0.165. The molecule has 1 aliphatic heterocycles. The molecule has 1 N–H and O–H groups in total. The average molecular weight is 212 g/mol. The van der Waals surface area contributed by atoms with Crippen LogP contribution in [0.4, 0.5) is 5.88 Å². The van der Waals surface area contributed by atoms with Crippen LogP contribution in [0.1, 0.15) is 12.7 Å². The van der Waals surface area contributed by atoms with E-state index in [0.29, 0.717) is 5.76 Å². The Labute approximate surface area is 86.4 Å². The summed E-state index contributed by atoms with van der Waals surface area (Å²) < 4.78 is 10.5. The zero-order chi connectivity index (χ0) is 10.9. The van der Waals surface area contributed by atoms with Gasteiger partial charge in [-0.3, -0.25) is 10.1 Å². The number of nitrogens with zero attached hydrogens (tertiary/aromatic N) is 1.